The van der Waals surface area contributed by atoms with Gasteiger partial charge in [0, 0.05) is 12.2 Å². The van der Waals surface area contributed by atoms with E-state index < -0.39 is 0 Å². The fraction of sp³-hybridized carbons (Fsp3) is 0.571. The Morgan fingerprint density at radius 1 is 1.44 bits per heavy atom. The van der Waals surface area contributed by atoms with Gasteiger partial charge < -0.3 is 10.6 Å². The molecule has 2 N–H and O–H groups in total. The lowest BCUT2D eigenvalue weighted by Crippen LogP contribution is -2.37. The van der Waals surface area contributed by atoms with Gasteiger partial charge in [0.1, 0.15) is 0 Å². The third-order valence-corrected chi connectivity index (χ3v) is 3.04. The van der Waals surface area contributed by atoms with Crippen molar-refractivity contribution in [3.05, 3.63) is 29.6 Å². The Bertz CT molecular complexity index is 379. The zero-order valence-corrected chi connectivity index (χ0v) is 11.5. The molecule has 0 aliphatic heterocycles. The van der Waals surface area contributed by atoms with E-state index in [-0.39, 0.29) is 5.91 Å². The summed E-state index contributed by atoms with van der Waals surface area (Å²) in [5.41, 5.74) is 2.14. The summed E-state index contributed by atoms with van der Waals surface area (Å²) in [6.45, 7) is 7.12. The number of amides is 1. The predicted molar refractivity (Wildman–Crippen MR) is 73.2 cm³/mol. The van der Waals surface area contributed by atoms with Gasteiger partial charge in [-0.15, -0.1) is 0 Å². The standard InChI is InChI=1S/C14H23N3O/c1-4-11(3)16-10-14(18)17-9-13-12(5-2)7-6-8-15-13/h6-8,11,16H,4-5,9-10H2,1-3H3,(H,17,18). The summed E-state index contributed by atoms with van der Waals surface area (Å²) in [7, 11) is 0. The van der Waals surface area contributed by atoms with Crippen molar-refractivity contribution in [3.8, 4) is 0 Å². The molecule has 0 aromatic carbocycles. The Hall–Kier alpha value is -1.42. The van der Waals surface area contributed by atoms with E-state index in [9.17, 15) is 4.79 Å². The second-order valence-electron chi connectivity index (χ2n) is 4.43. The molecule has 100 valence electrons. The topological polar surface area (TPSA) is 54.0 Å². The summed E-state index contributed by atoms with van der Waals surface area (Å²) in [6.07, 6.45) is 3.72. The molecule has 4 nitrogen and oxygen atoms in total. The minimum Gasteiger partial charge on any atom is -0.349 e. The monoisotopic (exact) mass is 249 g/mol. The minimum atomic E-state index is 0.0167. The van der Waals surface area contributed by atoms with Crippen LogP contribution in [-0.4, -0.2) is 23.5 Å². The first-order valence-electron chi connectivity index (χ1n) is 6.60. The van der Waals surface area contributed by atoms with Crippen LogP contribution in [-0.2, 0) is 17.8 Å². The average Bonchev–Trinajstić information content (AvgIpc) is 2.42. The number of aryl methyl sites for hydroxylation is 1. The quantitative estimate of drug-likeness (QED) is 0.772. The fourth-order valence-electron chi connectivity index (χ4n) is 1.61. The van der Waals surface area contributed by atoms with Gasteiger partial charge in [-0.3, -0.25) is 9.78 Å². The minimum absolute atomic E-state index is 0.0167. The van der Waals surface area contributed by atoms with Gasteiger partial charge >= 0.3 is 0 Å². The maximum atomic E-state index is 11.6. The van der Waals surface area contributed by atoms with E-state index in [0.717, 1.165) is 18.5 Å². The summed E-state index contributed by atoms with van der Waals surface area (Å²) in [6, 6.07) is 4.34. The van der Waals surface area contributed by atoms with Crippen LogP contribution in [0.25, 0.3) is 0 Å². The Morgan fingerprint density at radius 2 is 2.22 bits per heavy atom. The van der Waals surface area contributed by atoms with Crippen molar-refractivity contribution < 1.29 is 4.79 Å². The number of rotatable bonds is 7. The van der Waals surface area contributed by atoms with E-state index in [1.54, 1.807) is 6.20 Å². The molecule has 4 heteroatoms. The Morgan fingerprint density at radius 3 is 2.89 bits per heavy atom. The molecule has 1 heterocycles. The molecule has 0 aliphatic carbocycles. The summed E-state index contributed by atoms with van der Waals surface area (Å²) >= 11 is 0. The van der Waals surface area contributed by atoms with Gasteiger partial charge in [-0.25, -0.2) is 0 Å². The first-order valence-corrected chi connectivity index (χ1v) is 6.60. The van der Waals surface area contributed by atoms with Crippen molar-refractivity contribution in [1.82, 2.24) is 15.6 Å². The van der Waals surface area contributed by atoms with E-state index >= 15 is 0 Å². The molecule has 0 spiro atoms. The van der Waals surface area contributed by atoms with Crippen molar-refractivity contribution in [2.75, 3.05) is 6.54 Å². The zero-order valence-electron chi connectivity index (χ0n) is 11.5. The van der Waals surface area contributed by atoms with Crippen LogP contribution in [0.1, 0.15) is 38.4 Å². The average molecular weight is 249 g/mol. The lowest BCUT2D eigenvalue weighted by Gasteiger charge is -2.12. The summed E-state index contributed by atoms with van der Waals surface area (Å²) in [5.74, 6) is 0.0167. The smallest absolute Gasteiger partial charge is 0.234 e. The molecular formula is C14H23N3O. The molecule has 0 fully saturated rings. The van der Waals surface area contributed by atoms with Gasteiger partial charge in [0.05, 0.1) is 18.8 Å². The van der Waals surface area contributed by atoms with Crippen molar-refractivity contribution >= 4 is 5.91 Å². The highest BCUT2D eigenvalue weighted by Gasteiger charge is 2.06. The molecule has 18 heavy (non-hydrogen) atoms. The maximum Gasteiger partial charge on any atom is 0.234 e. The van der Waals surface area contributed by atoms with Crippen LogP contribution >= 0.6 is 0 Å². The van der Waals surface area contributed by atoms with Gasteiger partial charge in [-0.05, 0) is 31.4 Å². The third-order valence-electron chi connectivity index (χ3n) is 3.04. The first-order chi connectivity index (χ1) is 8.67. The number of nitrogens with zero attached hydrogens (tertiary/aromatic N) is 1. The number of pyridine rings is 1. The van der Waals surface area contributed by atoms with Crippen LogP contribution in [0.3, 0.4) is 0 Å². The lowest BCUT2D eigenvalue weighted by molar-refractivity contribution is -0.120. The molecule has 1 rings (SSSR count). The van der Waals surface area contributed by atoms with Gasteiger partial charge in [0.15, 0.2) is 0 Å². The van der Waals surface area contributed by atoms with Crippen LogP contribution in [0, 0.1) is 0 Å². The number of aromatic nitrogens is 1. The predicted octanol–water partition coefficient (Wildman–Crippen LogP) is 1.65. The van der Waals surface area contributed by atoms with Crippen molar-refractivity contribution in [2.24, 2.45) is 0 Å². The molecule has 0 bridgehead atoms. The molecule has 1 aromatic rings. The number of hydrogen-bond donors (Lipinski definition) is 2. The number of carbonyl (C=O) groups excluding carboxylic acids is 1. The highest BCUT2D eigenvalue weighted by atomic mass is 16.1. The van der Waals surface area contributed by atoms with Crippen LogP contribution in [0.15, 0.2) is 18.3 Å². The van der Waals surface area contributed by atoms with Crippen molar-refractivity contribution in [2.45, 2.75) is 46.2 Å². The lowest BCUT2D eigenvalue weighted by atomic mass is 10.1. The number of nitrogens with one attached hydrogen (secondary N) is 2. The van der Waals surface area contributed by atoms with E-state index in [1.165, 1.54) is 5.56 Å². The normalized spacial score (nSPS) is 12.2. The molecule has 0 saturated carbocycles. The van der Waals surface area contributed by atoms with Gasteiger partial charge in [-0.1, -0.05) is 19.9 Å². The van der Waals surface area contributed by atoms with Crippen LogP contribution in [0.4, 0.5) is 0 Å². The van der Waals surface area contributed by atoms with E-state index in [1.807, 2.05) is 12.1 Å². The van der Waals surface area contributed by atoms with Crippen molar-refractivity contribution in [1.29, 1.82) is 0 Å². The Kier molecular flexibility index (Phi) is 6.36. The van der Waals surface area contributed by atoms with Crippen LogP contribution in [0.5, 0.6) is 0 Å². The largest absolute Gasteiger partial charge is 0.349 e. The molecule has 1 aromatic heterocycles. The van der Waals surface area contributed by atoms with Crippen molar-refractivity contribution in [3.63, 3.8) is 0 Å². The highest BCUT2D eigenvalue weighted by Crippen LogP contribution is 2.05. The number of carbonyl (C=O) groups is 1. The van der Waals surface area contributed by atoms with Crippen LogP contribution in [0.2, 0.25) is 0 Å². The van der Waals surface area contributed by atoms with Gasteiger partial charge in [0.2, 0.25) is 5.91 Å². The Balaban J connectivity index is 2.38. The molecule has 0 saturated heterocycles. The SMILES string of the molecule is CCc1cccnc1CNC(=O)CNC(C)CC. The molecule has 0 radical (unpaired) electrons. The highest BCUT2D eigenvalue weighted by molar-refractivity contribution is 5.77. The summed E-state index contributed by atoms with van der Waals surface area (Å²) < 4.78 is 0. The van der Waals surface area contributed by atoms with E-state index in [2.05, 4.69) is 36.4 Å². The zero-order chi connectivity index (χ0) is 13.4. The van der Waals surface area contributed by atoms with E-state index in [0.29, 0.717) is 19.1 Å². The maximum absolute atomic E-state index is 11.6. The Labute approximate surface area is 109 Å². The fourth-order valence-corrected chi connectivity index (χ4v) is 1.61. The number of hydrogen-bond acceptors (Lipinski definition) is 3. The summed E-state index contributed by atoms with van der Waals surface area (Å²) in [4.78, 5) is 15.9. The molecule has 0 aliphatic rings. The summed E-state index contributed by atoms with van der Waals surface area (Å²) in [5, 5.41) is 6.05. The van der Waals surface area contributed by atoms with Gasteiger partial charge in [0.25, 0.3) is 0 Å². The van der Waals surface area contributed by atoms with Gasteiger partial charge in [-0.2, -0.15) is 0 Å². The molecule has 1 amide bonds. The molecule has 1 unspecified atom stereocenters. The molecule has 1 atom stereocenters. The first kappa shape index (κ1) is 14.6. The third kappa shape index (κ3) is 4.84. The second-order valence-corrected chi connectivity index (χ2v) is 4.43. The molecular weight excluding hydrogens is 226 g/mol. The second kappa shape index (κ2) is 7.82. The van der Waals surface area contributed by atoms with Crippen LogP contribution < -0.4 is 10.6 Å². The van der Waals surface area contributed by atoms with E-state index in [4.69, 9.17) is 0 Å².